The Bertz CT molecular complexity index is 1270. The van der Waals surface area contributed by atoms with E-state index in [2.05, 4.69) is 42.2 Å². The van der Waals surface area contributed by atoms with Crippen LogP contribution in [0.25, 0.3) is 11.1 Å². The lowest BCUT2D eigenvalue weighted by atomic mass is 9.87. The Morgan fingerprint density at radius 1 is 0.951 bits per heavy atom. The first-order valence-corrected chi connectivity index (χ1v) is 13.5. The summed E-state index contributed by atoms with van der Waals surface area (Å²) in [5.41, 5.74) is 12.2. The molecule has 41 heavy (non-hydrogen) atoms. The number of nitrogen functional groups attached to an aromatic ring is 1. The third-order valence-electron chi connectivity index (χ3n) is 6.40. The summed E-state index contributed by atoms with van der Waals surface area (Å²) in [6.07, 6.45) is 13.8. The molecule has 0 amide bonds. The highest BCUT2D eigenvalue weighted by atomic mass is 16.6. The van der Waals surface area contributed by atoms with Gasteiger partial charge in [0, 0.05) is 18.5 Å². The predicted octanol–water partition coefficient (Wildman–Crippen LogP) is 7.47. The van der Waals surface area contributed by atoms with E-state index in [0.29, 0.717) is 11.7 Å². The van der Waals surface area contributed by atoms with Crippen LogP contribution in [0.1, 0.15) is 70.6 Å². The van der Waals surface area contributed by atoms with Gasteiger partial charge < -0.3 is 20.5 Å². The highest BCUT2D eigenvalue weighted by molar-refractivity contribution is 5.72. The van der Waals surface area contributed by atoms with Crippen LogP contribution >= 0.6 is 0 Å². The first-order valence-electron chi connectivity index (χ1n) is 13.5. The molecule has 0 unspecified atom stereocenters. The fraction of sp³-hybridized carbons (Fsp3) is 0.424. The molecule has 1 aliphatic heterocycles. The van der Waals surface area contributed by atoms with Gasteiger partial charge in [-0.05, 0) is 132 Å². The van der Waals surface area contributed by atoms with E-state index in [1.807, 2.05) is 46.8 Å². The molecule has 2 aromatic carbocycles. The summed E-state index contributed by atoms with van der Waals surface area (Å²) < 4.78 is 11.4. The molecule has 1 aliphatic rings. The van der Waals surface area contributed by atoms with Crippen LogP contribution in [0.5, 0.6) is 11.5 Å². The summed E-state index contributed by atoms with van der Waals surface area (Å²) in [4.78, 5) is 14.7. The zero-order valence-corrected chi connectivity index (χ0v) is 24.4. The molecule has 1 aromatic heterocycles. The Balaban J connectivity index is 0.000000380. The van der Waals surface area contributed by atoms with E-state index < -0.39 is 4.92 Å². The van der Waals surface area contributed by atoms with Crippen molar-refractivity contribution in [2.24, 2.45) is 0 Å². The molecule has 8 heteroatoms. The number of nitrogens with one attached hydrogen (secondary N) is 1. The SMILES string of the molecule is C.C#C.Cc1cc(N)c(OC(C)C)cc1C1CCNCC1.Cc1cc([N+](=O)[O-])c(OC(C)C)cc1-c1ccncc1. The largest absolute Gasteiger partial charge is 0.489 e. The van der Waals surface area contributed by atoms with Crippen molar-refractivity contribution in [3.63, 3.8) is 0 Å². The topological polar surface area (TPSA) is 113 Å². The van der Waals surface area contributed by atoms with Crippen LogP contribution in [0.2, 0.25) is 0 Å². The van der Waals surface area contributed by atoms with Crippen LogP contribution in [0.15, 0.2) is 48.8 Å². The van der Waals surface area contributed by atoms with Crippen molar-refractivity contribution in [2.75, 3.05) is 18.8 Å². The number of nitrogens with two attached hydrogens (primary N) is 1. The number of piperidine rings is 1. The lowest BCUT2D eigenvalue weighted by Crippen LogP contribution is -2.27. The van der Waals surface area contributed by atoms with Gasteiger partial charge in [0.1, 0.15) is 5.75 Å². The number of hydrogen-bond acceptors (Lipinski definition) is 7. The summed E-state index contributed by atoms with van der Waals surface area (Å²) in [5.74, 6) is 1.77. The quantitative estimate of drug-likeness (QED) is 0.133. The van der Waals surface area contributed by atoms with E-state index in [0.717, 1.165) is 41.2 Å². The molecule has 4 rings (SSSR count). The Morgan fingerprint density at radius 2 is 1.51 bits per heavy atom. The van der Waals surface area contributed by atoms with Gasteiger partial charge in [-0.1, -0.05) is 7.43 Å². The lowest BCUT2D eigenvalue weighted by molar-refractivity contribution is -0.386. The number of ether oxygens (including phenoxy) is 2. The Kier molecular flexibility index (Phi) is 14.4. The number of nitro benzene ring substituents is 1. The Hall–Kier alpha value is -4.09. The zero-order chi connectivity index (χ0) is 29.8. The number of aryl methyl sites for hydroxylation is 2. The highest BCUT2D eigenvalue weighted by Gasteiger charge is 2.20. The molecule has 0 atom stereocenters. The minimum atomic E-state index is -0.416. The maximum atomic E-state index is 11.1. The normalized spacial score (nSPS) is 12.7. The molecule has 2 heterocycles. The average Bonchev–Trinajstić information content (AvgIpc) is 2.93. The summed E-state index contributed by atoms with van der Waals surface area (Å²) in [6, 6.07) is 11.2. The fourth-order valence-electron chi connectivity index (χ4n) is 4.66. The molecule has 3 aromatic rings. The van der Waals surface area contributed by atoms with Crippen LogP contribution in [0.4, 0.5) is 11.4 Å². The fourth-order valence-corrected chi connectivity index (χ4v) is 4.66. The number of nitro groups is 1. The molecule has 0 spiro atoms. The number of pyridine rings is 1. The van der Waals surface area contributed by atoms with Gasteiger partial charge in [0.2, 0.25) is 0 Å². The molecule has 0 saturated carbocycles. The number of hydrogen-bond donors (Lipinski definition) is 2. The van der Waals surface area contributed by atoms with Crippen LogP contribution in [0, 0.1) is 36.8 Å². The monoisotopic (exact) mass is 562 g/mol. The Labute approximate surface area is 245 Å². The summed E-state index contributed by atoms with van der Waals surface area (Å²) in [7, 11) is 0. The standard InChI is InChI=1S/C15H16N2O3.C15H24N2O.C2H2.CH4/c1-10(2)20-15-9-13(12-4-6-16-7-5-12)11(3)8-14(15)17(18)19;1-10(2)18-15-9-13(11(3)8-14(15)16)12-4-6-17-7-5-12;1-2;/h4-10H,1-3H3;8-10,12,17H,4-7,16H2,1-3H3;1-2H;1H4. The van der Waals surface area contributed by atoms with Crippen molar-refractivity contribution in [1.82, 2.24) is 10.3 Å². The number of aromatic nitrogens is 1. The number of benzene rings is 2. The van der Waals surface area contributed by atoms with Crippen molar-refractivity contribution < 1.29 is 14.4 Å². The summed E-state index contributed by atoms with van der Waals surface area (Å²) in [6.45, 7) is 14.0. The maximum absolute atomic E-state index is 11.1. The smallest absolute Gasteiger partial charge is 0.311 e. The minimum Gasteiger partial charge on any atom is -0.489 e. The van der Waals surface area contributed by atoms with Gasteiger partial charge in [0.15, 0.2) is 5.75 Å². The average molecular weight is 563 g/mol. The van der Waals surface area contributed by atoms with Gasteiger partial charge in [-0.2, -0.15) is 0 Å². The van der Waals surface area contributed by atoms with Gasteiger partial charge >= 0.3 is 5.69 Å². The van der Waals surface area contributed by atoms with E-state index in [9.17, 15) is 10.1 Å². The third kappa shape index (κ3) is 10.1. The summed E-state index contributed by atoms with van der Waals surface area (Å²) in [5, 5.41) is 14.5. The second-order valence-corrected chi connectivity index (χ2v) is 10.2. The van der Waals surface area contributed by atoms with Gasteiger partial charge in [-0.3, -0.25) is 15.1 Å². The first kappa shape index (κ1) is 34.9. The zero-order valence-electron chi connectivity index (χ0n) is 24.4. The molecular weight excluding hydrogens is 516 g/mol. The minimum absolute atomic E-state index is 0. The molecule has 1 saturated heterocycles. The number of nitrogens with zero attached hydrogens (tertiary/aromatic N) is 2. The predicted molar refractivity (Wildman–Crippen MR) is 170 cm³/mol. The number of rotatable bonds is 7. The summed E-state index contributed by atoms with van der Waals surface area (Å²) >= 11 is 0. The van der Waals surface area contributed by atoms with Crippen molar-refractivity contribution in [3.8, 4) is 35.5 Å². The van der Waals surface area contributed by atoms with Crippen molar-refractivity contribution in [2.45, 2.75) is 79.9 Å². The maximum Gasteiger partial charge on any atom is 0.311 e. The van der Waals surface area contributed by atoms with E-state index in [-0.39, 0.29) is 25.3 Å². The van der Waals surface area contributed by atoms with Crippen molar-refractivity contribution >= 4 is 11.4 Å². The number of anilines is 1. The van der Waals surface area contributed by atoms with Gasteiger partial charge in [0.05, 0.1) is 22.8 Å². The highest BCUT2D eigenvalue weighted by Crippen LogP contribution is 2.36. The number of terminal acetylenes is 1. The van der Waals surface area contributed by atoms with Crippen LogP contribution in [-0.4, -0.2) is 35.2 Å². The van der Waals surface area contributed by atoms with Gasteiger partial charge in [-0.15, -0.1) is 12.8 Å². The third-order valence-corrected chi connectivity index (χ3v) is 6.40. The second-order valence-electron chi connectivity index (χ2n) is 10.2. The molecule has 222 valence electrons. The van der Waals surface area contributed by atoms with E-state index in [4.69, 9.17) is 15.2 Å². The Morgan fingerprint density at radius 3 is 2.05 bits per heavy atom. The molecular formula is C33H46N4O4. The van der Waals surface area contributed by atoms with Crippen LogP contribution < -0.4 is 20.5 Å². The molecule has 3 N–H and O–H groups in total. The molecule has 0 radical (unpaired) electrons. The lowest BCUT2D eigenvalue weighted by Gasteiger charge is -2.25. The molecule has 8 nitrogen and oxygen atoms in total. The van der Waals surface area contributed by atoms with Crippen LogP contribution in [-0.2, 0) is 0 Å². The van der Waals surface area contributed by atoms with Gasteiger partial charge in [-0.25, -0.2) is 0 Å². The van der Waals surface area contributed by atoms with E-state index >= 15 is 0 Å². The second kappa shape index (κ2) is 16.9. The first-order chi connectivity index (χ1) is 19.1. The van der Waals surface area contributed by atoms with Crippen molar-refractivity contribution in [3.05, 3.63) is 75.6 Å². The molecule has 1 fully saturated rings. The van der Waals surface area contributed by atoms with E-state index in [1.54, 1.807) is 24.5 Å². The van der Waals surface area contributed by atoms with Crippen LogP contribution in [0.3, 0.4) is 0 Å². The van der Waals surface area contributed by atoms with E-state index in [1.165, 1.54) is 24.0 Å². The van der Waals surface area contributed by atoms with Gasteiger partial charge in [0.25, 0.3) is 0 Å². The van der Waals surface area contributed by atoms with Crippen molar-refractivity contribution in [1.29, 1.82) is 0 Å². The molecule has 0 bridgehead atoms. The molecule has 0 aliphatic carbocycles.